The maximum atomic E-state index is 12.7. The van der Waals surface area contributed by atoms with Gasteiger partial charge in [-0.1, -0.05) is 12.1 Å². The van der Waals surface area contributed by atoms with Gasteiger partial charge in [0.05, 0.1) is 36.2 Å². The molecule has 4 rings (SSSR count). The molecule has 1 amide bonds. The lowest BCUT2D eigenvalue weighted by atomic mass is 10.2. The first-order valence-corrected chi connectivity index (χ1v) is 9.39. The van der Waals surface area contributed by atoms with Gasteiger partial charge in [0.1, 0.15) is 12.6 Å². The summed E-state index contributed by atoms with van der Waals surface area (Å²) >= 11 is 0. The molecule has 1 aromatic carbocycles. The molecular formula is C20H22N6O3. The molecule has 9 heteroatoms. The SMILES string of the molecule is CN(C)c1cncc(OC2CCN(C(=O)Cn3cnc4ccccc4c3=O)C2)n1. The molecule has 2 aromatic heterocycles. The minimum Gasteiger partial charge on any atom is -0.471 e. The first kappa shape index (κ1) is 18.9. The molecule has 3 heterocycles. The van der Waals surface area contributed by atoms with E-state index in [4.69, 9.17) is 4.74 Å². The van der Waals surface area contributed by atoms with E-state index in [-0.39, 0.29) is 24.1 Å². The lowest BCUT2D eigenvalue weighted by Gasteiger charge is -2.18. The van der Waals surface area contributed by atoms with Gasteiger partial charge in [0.15, 0.2) is 5.82 Å². The van der Waals surface area contributed by atoms with Crippen molar-refractivity contribution in [3.63, 3.8) is 0 Å². The zero-order valence-electron chi connectivity index (χ0n) is 16.4. The van der Waals surface area contributed by atoms with Gasteiger partial charge in [-0.3, -0.25) is 19.1 Å². The van der Waals surface area contributed by atoms with Crippen molar-refractivity contribution in [2.45, 2.75) is 19.1 Å². The number of aromatic nitrogens is 4. The molecule has 0 saturated carbocycles. The molecule has 1 aliphatic rings. The van der Waals surface area contributed by atoms with Gasteiger partial charge in [-0.05, 0) is 12.1 Å². The second-order valence-corrected chi connectivity index (χ2v) is 7.17. The van der Waals surface area contributed by atoms with Crippen molar-refractivity contribution in [1.82, 2.24) is 24.4 Å². The highest BCUT2D eigenvalue weighted by atomic mass is 16.5. The Morgan fingerprint density at radius 2 is 2.10 bits per heavy atom. The van der Waals surface area contributed by atoms with E-state index in [1.807, 2.05) is 25.1 Å². The van der Waals surface area contributed by atoms with Crippen molar-refractivity contribution in [3.8, 4) is 5.88 Å². The molecule has 0 N–H and O–H groups in total. The van der Waals surface area contributed by atoms with E-state index < -0.39 is 0 Å². The van der Waals surface area contributed by atoms with Gasteiger partial charge in [0.2, 0.25) is 11.8 Å². The third-order valence-electron chi connectivity index (χ3n) is 4.88. The van der Waals surface area contributed by atoms with Crippen LogP contribution in [0.1, 0.15) is 6.42 Å². The Bertz CT molecular complexity index is 1100. The first-order chi connectivity index (χ1) is 14.0. The van der Waals surface area contributed by atoms with Gasteiger partial charge in [-0.25, -0.2) is 4.98 Å². The van der Waals surface area contributed by atoms with Gasteiger partial charge in [0, 0.05) is 27.1 Å². The van der Waals surface area contributed by atoms with Crippen LogP contribution in [0.15, 0.2) is 47.8 Å². The van der Waals surface area contributed by atoms with Crippen LogP contribution >= 0.6 is 0 Å². The summed E-state index contributed by atoms with van der Waals surface area (Å²) in [6.45, 7) is 0.974. The number of likely N-dealkylation sites (tertiary alicyclic amines) is 1. The fourth-order valence-corrected chi connectivity index (χ4v) is 3.30. The molecule has 29 heavy (non-hydrogen) atoms. The highest BCUT2D eigenvalue weighted by molar-refractivity contribution is 5.79. The predicted octanol–water partition coefficient (Wildman–Crippen LogP) is 0.932. The van der Waals surface area contributed by atoms with E-state index in [0.29, 0.717) is 42.1 Å². The fraction of sp³-hybridized carbons (Fsp3) is 0.350. The van der Waals surface area contributed by atoms with Gasteiger partial charge >= 0.3 is 0 Å². The molecule has 0 spiro atoms. The topological polar surface area (TPSA) is 93.5 Å². The molecule has 1 fully saturated rings. The molecule has 1 atom stereocenters. The number of hydrogen-bond acceptors (Lipinski definition) is 7. The second-order valence-electron chi connectivity index (χ2n) is 7.17. The molecule has 0 aliphatic carbocycles. The Hall–Kier alpha value is -3.49. The third-order valence-corrected chi connectivity index (χ3v) is 4.88. The van der Waals surface area contributed by atoms with Crippen molar-refractivity contribution < 1.29 is 9.53 Å². The van der Waals surface area contributed by atoms with Crippen LogP contribution in [0.2, 0.25) is 0 Å². The number of nitrogens with zero attached hydrogens (tertiary/aromatic N) is 6. The maximum Gasteiger partial charge on any atom is 0.261 e. The summed E-state index contributed by atoms with van der Waals surface area (Å²) in [4.78, 5) is 41.6. The number of anilines is 1. The number of carbonyl (C=O) groups excluding carboxylic acids is 1. The summed E-state index contributed by atoms with van der Waals surface area (Å²) in [6.07, 6.45) is 5.20. The van der Waals surface area contributed by atoms with Crippen molar-refractivity contribution in [2.24, 2.45) is 0 Å². The van der Waals surface area contributed by atoms with E-state index in [0.717, 1.165) is 0 Å². The van der Waals surface area contributed by atoms with E-state index in [1.54, 1.807) is 35.5 Å². The molecule has 1 unspecified atom stereocenters. The van der Waals surface area contributed by atoms with Crippen molar-refractivity contribution in [1.29, 1.82) is 0 Å². The number of benzene rings is 1. The van der Waals surface area contributed by atoms with Crippen LogP contribution < -0.4 is 15.2 Å². The first-order valence-electron chi connectivity index (χ1n) is 9.39. The lowest BCUT2D eigenvalue weighted by Crippen LogP contribution is -2.36. The van der Waals surface area contributed by atoms with Crippen molar-refractivity contribution in [2.75, 3.05) is 32.1 Å². The largest absolute Gasteiger partial charge is 0.471 e. The van der Waals surface area contributed by atoms with E-state index in [2.05, 4.69) is 15.0 Å². The standard InChI is InChI=1S/C20H22N6O3/c1-24(2)17-9-21-10-18(23-17)29-14-7-8-25(11-14)19(27)12-26-13-22-16-6-4-3-5-15(16)20(26)28/h3-6,9-10,13-14H,7-8,11-12H2,1-2H3. The molecule has 150 valence electrons. The zero-order chi connectivity index (χ0) is 20.4. The number of ether oxygens (including phenoxy) is 1. The average Bonchev–Trinajstić information content (AvgIpc) is 3.19. The monoisotopic (exact) mass is 394 g/mol. The average molecular weight is 394 g/mol. The van der Waals surface area contributed by atoms with E-state index >= 15 is 0 Å². The molecular weight excluding hydrogens is 372 g/mol. The lowest BCUT2D eigenvalue weighted by molar-refractivity contribution is -0.131. The minimum absolute atomic E-state index is 0.0424. The van der Waals surface area contributed by atoms with Gasteiger partial charge in [-0.2, -0.15) is 4.98 Å². The van der Waals surface area contributed by atoms with Crippen LogP contribution in [-0.4, -0.2) is 63.6 Å². The summed E-state index contributed by atoms with van der Waals surface area (Å²) in [5.74, 6) is 1.01. The summed E-state index contributed by atoms with van der Waals surface area (Å²) in [5.41, 5.74) is 0.406. The Morgan fingerprint density at radius 1 is 1.28 bits per heavy atom. The summed E-state index contributed by atoms with van der Waals surface area (Å²) in [6, 6.07) is 7.11. The van der Waals surface area contributed by atoms with Gasteiger partial charge < -0.3 is 14.5 Å². The number of para-hydroxylation sites is 1. The van der Waals surface area contributed by atoms with Gasteiger partial charge in [-0.15, -0.1) is 0 Å². The Morgan fingerprint density at radius 3 is 2.93 bits per heavy atom. The van der Waals surface area contributed by atoms with Crippen LogP contribution in [-0.2, 0) is 11.3 Å². The molecule has 0 radical (unpaired) electrons. The molecule has 9 nitrogen and oxygen atoms in total. The Labute approximate surface area is 167 Å². The number of hydrogen-bond donors (Lipinski definition) is 0. The number of rotatable bonds is 5. The Kier molecular flexibility index (Phi) is 5.11. The normalized spacial score (nSPS) is 16.2. The minimum atomic E-state index is -0.216. The number of fused-ring (bicyclic) bond motifs is 1. The number of carbonyl (C=O) groups is 1. The predicted molar refractivity (Wildman–Crippen MR) is 108 cm³/mol. The maximum absolute atomic E-state index is 12.7. The Balaban J connectivity index is 1.40. The van der Waals surface area contributed by atoms with Crippen LogP contribution in [0.25, 0.3) is 10.9 Å². The van der Waals surface area contributed by atoms with Gasteiger partial charge in [0.25, 0.3) is 5.56 Å². The third kappa shape index (κ3) is 4.03. The fourth-order valence-electron chi connectivity index (χ4n) is 3.30. The van der Waals surface area contributed by atoms with Crippen LogP contribution in [0, 0.1) is 0 Å². The summed E-state index contributed by atoms with van der Waals surface area (Å²) < 4.78 is 7.26. The quantitative estimate of drug-likeness (QED) is 0.636. The van der Waals surface area contributed by atoms with Crippen molar-refractivity contribution in [3.05, 3.63) is 53.3 Å². The van der Waals surface area contributed by atoms with E-state index in [1.165, 1.54) is 10.9 Å². The molecule has 1 saturated heterocycles. The molecule has 0 bridgehead atoms. The second kappa shape index (κ2) is 7.86. The summed E-state index contributed by atoms with van der Waals surface area (Å²) in [5, 5.41) is 0.504. The smallest absolute Gasteiger partial charge is 0.261 e. The molecule has 3 aromatic rings. The molecule has 1 aliphatic heterocycles. The summed E-state index contributed by atoms with van der Waals surface area (Å²) in [7, 11) is 3.76. The van der Waals surface area contributed by atoms with Crippen molar-refractivity contribution >= 4 is 22.6 Å². The highest BCUT2D eigenvalue weighted by Gasteiger charge is 2.28. The van der Waals surface area contributed by atoms with E-state index in [9.17, 15) is 9.59 Å². The van der Waals surface area contributed by atoms with Crippen LogP contribution in [0.5, 0.6) is 5.88 Å². The number of amides is 1. The van der Waals surface area contributed by atoms with Crippen LogP contribution in [0.4, 0.5) is 5.82 Å². The van der Waals surface area contributed by atoms with Crippen LogP contribution in [0.3, 0.4) is 0 Å². The zero-order valence-corrected chi connectivity index (χ0v) is 16.4. The highest BCUT2D eigenvalue weighted by Crippen LogP contribution is 2.18.